The number of amides is 1. The maximum atomic E-state index is 11.5. The van der Waals surface area contributed by atoms with Gasteiger partial charge in [0.15, 0.2) is 0 Å². The van der Waals surface area contributed by atoms with Gasteiger partial charge in [0, 0.05) is 32.1 Å². The molecule has 0 bridgehead atoms. The Balaban J connectivity index is 1.66. The van der Waals surface area contributed by atoms with Crippen LogP contribution in [0.25, 0.3) is 0 Å². The summed E-state index contributed by atoms with van der Waals surface area (Å²) in [5.41, 5.74) is 5.42. The van der Waals surface area contributed by atoms with Crippen molar-refractivity contribution in [3.8, 4) is 0 Å². The van der Waals surface area contributed by atoms with Crippen molar-refractivity contribution in [3.05, 3.63) is 5.82 Å². The lowest BCUT2D eigenvalue weighted by Gasteiger charge is -2.16. The topological polar surface area (TPSA) is 109 Å². The number of H-pyrrole nitrogens is 1. The zero-order valence-corrected chi connectivity index (χ0v) is 11.1. The Labute approximate surface area is 111 Å². The van der Waals surface area contributed by atoms with Crippen molar-refractivity contribution < 1.29 is 9.53 Å². The quantitative estimate of drug-likeness (QED) is 0.679. The molecule has 0 aromatic carbocycles. The predicted octanol–water partition coefficient (Wildman–Crippen LogP) is -0.250. The number of carbonyl (C=O) groups is 1. The summed E-state index contributed by atoms with van der Waals surface area (Å²) in [6.45, 7) is 4.44. The van der Waals surface area contributed by atoms with E-state index in [2.05, 4.69) is 20.5 Å². The lowest BCUT2D eigenvalue weighted by Crippen LogP contribution is -2.36. The fourth-order valence-corrected chi connectivity index (χ4v) is 2.12. The number of anilines is 1. The molecule has 4 N–H and O–H groups in total. The van der Waals surface area contributed by atoms with E-state index in [0.29, 0.717) is 19.2 Å². The molecule has 106 valence electrons. The zero-order chi connectivity index (χ0) is 13.7. The molecule has 2 rings (SSSR count). The summed E-state index contributed by atoms with van der Waals surface area (Å²) in [5.74, 6) is 1.04. The predicted molar refractivity (Wildman–Crippen MR) is 69.5 cm³/mol. The monoisotopic (exact) mass is 268 g/mol. The van der Waals surface area contributed by atoms with E-state index in [1.165, 1.54) is 0 Å². The van der Waals surface area contributed by atoms with Crippen molar-refractivity contribution in [1.82, 2.24) is 25.4 Å². The molecule has 8 nitrogen and oxygen atoms in total. The van der Waals surface area contributed by atoms with E-state index in [1.54, 1.807) is 4.90 Å². The maximum Gasteiger partial charge on any atom is 0.409 e. The van der Waals surface area contributed by atoms with E-state index < -0.39 is 0 Å². The minimum absolute atomic E-state index is 0.227. The van der Waals surface area contributed by atoms with Crippen molar-refractivity contribution in [3.63, 3.8) is 0 Å². The van der Waals surface area contributed by atoms with Crippen LogP contribution in [0.2, 0.25) is 0 Å². The highest BCUT2D eigenvalue weighted by molar-refractivity contribution is 5.68. The van der Waals surface area contributed by atoms with Crippen LogP contribution in [-0.2, 0) is 11.2 Å². The van der Waals surface area contributed by atoms with Gasteiger partial charge in [0.1, 0.15) is 5.82 Å². The number of carbonyl (C=O) groups excluding carboxylic acids is 1. The van der Waals surface area contributed by atoms with Crippen molar-refractivity contribution in [2.75, 3.05) is 32.0 Å². The highest BCUT2D eigenvalue weighted by Crippen LogP contribution is 2.10. The van der Waals surface area contributed by atoms with Gasteiger partial charge in [-0.3, -0.25) is 5.10 Å². The standard InChI is InChI=1S/C11H20N6O2/c1-2-19-11(18)17-6-4-8(7-17)13-5-3-9-14-10(12)16-15-9/h8,13H,2-7H2,1H3,(H3,12,14,15,16). The normalized spacial score (nSPS) is 18.8. The van der Waals surface area contributed by atoms with E-state index in [4.69, 9.17) is 10.5 Å². The number of rotatable bonds is 5. The molecule has 0 spiro atoms. The molecule has 1 unspecified atom stereocenters. The number of nitrogens with one attached hydrogen (secondary N) is 2. The molecule has 1 aliphatic heterocycles. The molecule has 0 aliphatic carbocycles. The van der Waals surface area contributed by atoms with Gasteiger partial charge in [-0.15, -0.1) is 5.10 Å². The number of aromatic amines is 1. The summed E-state index contributed by atoms with van der Waals surface area (Å²) >= 11 is 0. The average Bonchev–Trinajstić information content (AvgIpc) is 2.99. The van der Waals surface area contributed by atoms with Crippen LogP contribution in [0, 0.1) is 0 Å². The van der Waals surface area contributed by atoms with Crippen LogP contribution >= 0.6 is 0 Å². The number of nitrogen functional groups attached to an aromatic ring is 1. The lowest BCUT2D eigenvalue weighted by atomic mass is 10.2. The summed E-state index contributed by atoms with van der Waals surface area (Å²) in [6.07, 6.45) is 1.45. The first-order chi connectivity index (χ1) is 9.19. The Hall–Kier alpha value is -1.83. The Morgan fingerprint density at radius 2 is 2.53 bits per heavy atom. The van der Waals surface area contributed by atoms with Crippen molar-refractivity contribution in [2.24, 2.45) is 0 Å². The third-order valence-electron chi connectivity index (χ3n) is 3.06. The average molecular weight is 268 g/mol. The fraction of sp³-hybridized carbons (Fsp3) is 0.727. The highest BCUT2D eigenvalue weighted by atomic mass is 16.6. The Bertz CT molecular complexity index is 421. The first kappa shape index (κ1) is 13.6. The third kappa shape index (κ3) is 3.82. The summed E-state index contributed by atoms with van der Waals surface area (Å²) in [5, 5.41) is 9.92. The van der Waals surface area contributed by atoms with Gasteiger partial charge in [0.2, 0.25) is 5.95 Å². The number of ether oxygens (including phenoxy) is 1. The minimum atomic E-state index is -0.227. The second kappa shape index (κ2) is 6.37. The largest absolute Gasteiger partial charge is 0.450 e. The van der Waals surface area contributed by atoms with Crippen LogP contribution in [0.4, 0.5) is 10.7 Å². The van der Waals surface area contributed by atoms with E-state index >= 15 is 0 Å². The number of hydrogen-bond donors (Lipinski definition) is 3. The fourth-order valence-electron chi connectivity index (χ4n) is 2.12. The van der Waals surface area contributed by atoms with Gasteiger partial charge >= 0.3 is 6.09 Å². The van der Waals surface area contributed by atoms with Gasteiger partial charge in [-0.25, -0.2) is 4.79 Å². The van der Waals surface area contributed by atoms with Crippen LogP contribution < -0.4 is 11.1 Å². The highest BCUT2D eigenvalue weighted by Gasteiger charge is 2.26. The summed E-state index contributed by atoms with van der Waals surface area (Å²) in [6, 6.07) is 0.310. The minimum Gasteiger partial charge on any atom is -0.450 e. The molecule has 1 aliphatic rings. The van der Waals surface area contributed by atoms with E-state index in [1.807, 2.05) is 6.92 Å². The first-order valence-corrected chi connectivity index (χ1v) is 6.51. The lowest BCUT2D eigenvalue weighted by molar-refractivity contribution is 0.115. The maximum absolute atomic E-state index is 11.5. The van der Waals surface area contributed by atoms with Crippen LogP contribution in [0.5, 0.6) is 0 Å². The SMILES string of the molecule is CCOC(=O)N1CCC(NCCc2nc(N)n[nH]2)C1. The number of likely N-dealkylation sites (tertiary alicyclic amines) is 1. The molecule has 8 heteroatoms. The van der Waals surface area contributed by atoms with Gasteiger partial charge in [0.05, 0.1) is 6.61 Å². The molecule has 1 aromatic rings. The number of nitrogens with zero attached hydrogens (tertiary/aromatic N) is 3. The van der Waals surface area contributed by atoms with Crippen molar-refractivity contribution >= 4 is 12.0 Å². The second-order valence-electron chi connectivity index (χ2n) is 4.47. The number of aromatic nitrogens is 3. The summed E-state index contributed by atoms with van der Waals surface area (Å²) in [7, 11) is 0. The van der Waals surface area contributed by atoms with Crippen LogP contribution in [0.1, 0.15) is 19.2 Å². The van der Waals surface area contributed by atoms with Gasteiger partial charge < -0.3 is 20.7 Å². The summed E-state index contributed by atoms with van der Waals surface area (Å²) < 4.78 is 4.97. The third-order valence-corrected chi connectivity index (χ3v) is 3.06. The molecular formula is C11H20N6O2. The molecule has 1 amide bonds. The number of nitrogens with two attached hydrogens (primary N) is 1. The molecular weight excluding hydrogens is 248 g/mol. The Morgan fingerprint density at radius 1 is 1.68 bits per heavy atom. The van der Waals surface area contributed by atoms with E-state index in [0.717, 1.165) is 31.8 Å². The van der Waals surface area contributed by atoms with Gasteiger partial charge in [-0.2, -0.15) is 4.98 Å². The molecule has 0 radical (unpaired) electrons. The van der Waals surface area contributed by atoms with Crippen molar-refractivity contribution in [2.45, 2.75) is 25.8 Å². The van der Waals surface area contributed by atoms with Gasteiger partial charge in [-0.05, 0) is 13.3 Å². The number of hydrogen-bond acceptors (Lipinski definition) is 6. The van der Waals surface area contributed by atoms with Gasteiger partial charge in [-0.1, -0.05) is 0 Å². The summed E-state index contributed by atoms with van der Waals surface area (Å²) in [4.78, 5) is 17.3. The molecule has 1 saturated heterocycles. The Kier molecular flexibility index (Phi) is 4.56. The molecule has 1 atom stereocenters. The van der Waals surface area contributed by atoms with Crippen LogP contribution in [0.3, 0.4) is 0 Å². The van der Waals surface area contributed by atoms with Crippen molar-refractivity contribution in [1.29, 1.82) is 0 Å². The smallest absolute Gasteiger partial charge is 0.409 e. The molecule has 1 aromatic heterocycles. The van der Waals surface area contributed by atoms with Crippen LogP contribution in [-0.4, -0.2) is 58.5 Å². The zero-order valence-electron chi connectivity index (χ0n) is 11.1. The molecule has 0 saturated carbocycles. The molecule has 19 heavy (non-hydrogen) atoms. The molecule has 2 heterocycles. The Morgan fingerprint density at radius 3 is 3.21 bits per heavy atom. The van der Waals surface area contributed by atoms with E-state index in [-0.39, 0.29) is 12.0 Å². The van der Waals surface area contributed by atoms with Crippen LogP contribution in [0.15, 0.2) is 0 Å². The molecule has 1 fully saturated rings. The van der Waals surface area contributed by atoms with Gasteiger partial charge in [0.25, 0.3) is 0 Å². The second-order valence-corrected chi connectivity index (χ2v) is 4.47. The van der Waals surface area contributed by atoms with E-state index in [9.17, 15) is 4.79 Å². The first-order valence-electron chi connectivity index (χ1n) is 6.51.